The van der Waals surface area contributed by atoms with Crippen LogP contribution in [0.4, 0.5) is 0 Å². The molecule has 0 saturated carbocycles. The minimum atomic E-state index is -0.522. The number of ether oxygens (including phenoxy) is 1. The van der Waals surface area contributed by atoms with E-state index in [0.29, 0.717) is 11.3 Å². The minimum absolute atomic E-state index is 0.0316. The number of nitrogens with zero attached hydrogens (tertiary/aromatic N) is 1. The number of aromatic amines is 1. The van der Waals surface area contributed by atoms with Gasteiger partial charge in [-0.2, -0.15) is 4.90 Å². The van der Waals surface area contributed by atoms with Gasteiger partial charge in [0, 0.05) is 17.7 Å². The summed E-state index contributed by atoms with van der Waals surface area (Å²) in [6.45, 7) is 0. The average Bonchev–Trinajstić information content (AvgIpc) is 2.96. The zero-order valence-electron chi connectivity index (χ0n) is 12.7. The molecule has 0 atom stereocenters. The van der Waals surface area contributed by atoms with Crippen LogP contribution < -0.4 is 21.3 Å². The fourth-order valence-electron chi connectivity index (χ4n) is 2.21. The standard InChI is InChI=1S/C17H13N2O5/c1-23-14-4-2-3-11(9-14)10-15-17(20)24-16(18-15)12-5-7-13(8-6-12)19(21)22/h2-10,18H,1H3/q-1. The normalized spacial score (nSPS) is 14.3. The van der Waals surface area contributed by atoms with Gasteiger partial charge in [-0.15, -0.1) is 0 Å². The van der Waals surface area contributed by atoms with Crippen LogP contribution in [-0.4, -0.2) is 22.7 Å². The Morgan fingerprint density at radius 1 is 1.21 bits per heavy atom. The van der Waals surface area contributed by atoms with Crippen LogP contribution in [-0.2, 0) is 0 Å². The highest BCUT2D eigenvalue weighted by atomic mass is 16.8. The van der Waals surface area contributed by atoms with Crippen molar-refractivity contribution in [3.63, 3.8) is 0 Å². The highest BCUT2D eigenvalue weighted by Gasteiger charge is 2.06. The third-order valence-electron chi connectivity index (χ3n) is 3.41. The first-order valence-electron chi connectivity index (χ1n) is 7.03. The maximum Gasteiger partial charge on any atom is 0.361 e. The van der Waals surface area contributed by atoms with Crippen LogP contribution in [0.1, 0.15) is 5.56 Å². The Kier molecular flexibility index (Phi) is 4.07. The van der Waals surface area contributed by atoms with Crippen LogP contribution >= 0.6 is 0 Å². The molecule has 0 fully saturated rings. The Morgan fingerprint density at radius 2 is 1.96 bits per heavy atom. The lowest BCUT2D eigenvalue weighted by molar-refractivity contribution is -0.377. The summed E-state index contributed by atoms with van der Waals surface area (Å²) in [6, 6.07) is 7.23. The number of H-pyrrole nitrogens is 1. The summed E-state index contributed by atoms with van der Waals surface area (Å²) in [5, 5.41) is 21.6. The molecule has 0 spiro atoms. The van der Waals surface area contributed by atoms with E-state index < -0.39 is 10.5 Å². The predicted octanol–water partition coefficient (Wildman–Crippen LogP) is 0.531. The third kappa shape index (κ3) is 3.14. The molecule has 3 rings (SSSR count). The summed E-state index contributed by atoms with van der Waals surface area (Å²) < 4.78 is 10.3. The predicted molar refractivity (Wildman–Crippen MR) is 88.8 cm³/mol. The molecule has 7 heteroatoms. The van der Waals surface area contributed by atoms with E-state index in [-0.39, 0.29) is 16.6 Å². The van der Waals surface area contributed by atoms with E-state index in [9.17, 15) is 15.2 Å². The van der Waals surface area contributed by atoms with Gasteiger partial charge in [-0.05, 0) is 35.9 Å². The van der Waals surface area contributed by atoms with Crippen molar-refractivity contribution in [2.24, 2.45) is 0 Å². The van der Waals surface area contributed by atoms with E-state index in [1.54, 1.807) is 25.3 Å². The molecule has 0 radical (unpaired) electrons. The molecule has 2 aromatic rings. The van der Waals surface area contributed by atoms with Crippen molar-refractivity contribution in [2.45, 2.75) is 0 Å². The average molecular weight is 325 g/mol. The number of hydrogen-bond donors (Lipinski definition) is 1. The number of nitrogens with one attached hydrogen (secondary N) is 1. The van der Waals surface area contributed by atoms with Gasteiger partial charge >= 0.3 is 5.63 Å². The monoisotopic (exact) mass is 325 g/mol. The Bertz CT molecular complexity index is 1020. The molecule has 0 aliphatic heterocycles. The van der Waals surface area contributed by atoms with E-state index in [1.807, 2.05) is 12.1 Å². The van der Waals surface area contributed by atoms with E-state index >= 15 is 0 Å². The van der Waals surface area contributed by atoms with Crippen LogP contribution in [0.15, 0.2) is 57.8 Å². The highest BCUT2D eigenvalue weighted by Crippen LogP contribution is 2.12. The van der Waals surface area contributed by atoms with Gasteiger partial charge in [0.25, 0.3) is 0 Å². The van der Waals surface area contributed by atoms with Gasteiger partial charge in [-0.1, -0.05) is 12.1 Å². The Hall–Kier alpha value is -3.48. The summed E-state index contributed by atoms with van der Waals surface area (Å²) in [5.41, 5.74) is 1.01. The van der Waals surface area contributed by atoms with Crippen molar-refractivity contribution in [1.82, 2.24) is 4.98 Å². The second-order valence-corrected chi connectivity index (χ2v) is 4.98. The lowest BCUT2D eigenvalue weighted by Gasteiger charge is -2.07. The van der Waals surface area contributed by atoms with Crippen LogP contribution in [0, 0.1) is 10.4 Å². The molecule has 1 aromatic heterocycles. The molecule has 1 aromatic carbocycles. The van der Waals surface area contributed by atoms with Crippen molar-refractivity contribution >= 4 is 17.4 Å². The number of allylic oxidation sites excluding steroid dienone is 4. The molecule has 0 unspecified atom stereocenters. The quantitative estimate of drug-likeness (QED) is 0.641. The molecule has 0 amide bonds. The number of benzene rings is 1. The third-order valence-corrected chi connectivity index (χ3v) is 3.41. The van der Waals surface area contributed by atoms with Crippen molar-refractivity contribution in [2.75, 3.05) is 7.11 Å². The zero-order chi connectivity index (χ0) is 17.1. The minimum Gasteiger partial charge on any atom is -0.612 e. The summed E-state index contributed by atoms with van der Waals surface area (Å²) in [6.07, 6.45) is 7.37. The number of methoxy groups -OCH3 is 1. The molecule has 0 bridgehead atoms. The van der Waals surface area contributed by atoms with Gasteiger partial charge in [0.1, 0.15) is 11.1 Å². The Morgan fingerprint density at radius 3 is 2.62 bits per heavy atom. The molecule has 1 N–H and O–H groups in total. The smallest absolute Gasteiger partial charge is 0.361 e. The van der Waals surface area contributed by atoms with Crippen molar-refractivity contribution in [3.05, 3.63) is 85.9 Å². The second-order valence-electron chi connectivity index (χ2n) is 4.98. The van der Waals surface area contributed by atoms with Crippen LogP contribution in [0.3, 0.4) is 0 Å². The first kappa shape index (κ1) is 15.4. The summed E-state index contributed by atoms with van der Waals surface area (Å²) in [5.74, 6) is 0.676. The van der Waals surface area contributed by atoms with Crippen molar-refractivity contribution < 1.29 is 14.1 Å². The number of aromatic nitrogens is 1. The molecule has 0 saturated heterocycles. The molecule has 1 aliphatic rings. The first-order chi connectivity index (χ1) is 11.6. The SMILES string of the molecule is COc1cccc(C=c2[nH]c(=C3C=CC(=[N+]([O-])[O-])C=C3)oc2=O)c1. The van der Waals surface area contributed by atoms with Gasteiger partial charge < -0.3 is 24.6 Å². The number of rotatable bonds is 2. The van der Waals surface area contributed by atoms with E-state index in [0.717, 1.165) is 5.56 Å². The summed E-state index contributed by atoms with van der Waals surface area (Å²) in [4.78, 5) is 14.4. The molecular formula is C17H13N2O5-. The maximum absolute atomic E-state index is 12.0. The van der Waals surface area contributed by atoms with Gasteiger partial charge in [0.2, 0.25) is 11.3 Å². The molecule has 1 aliphatic carbocycles. The topological polar surface area (TPSA) is 104 Å². The number of hydrogen-bond acceptors (Lipinski definition) is 5. The van der Waals surface area contributed by atoms with Crippen molar-refractivity contribution in [3.8, 4) is 5.75 Å². The summed E-state index contributed by atoms with van der Waals surface area (Å²) in [7, 11) is 1.56. The van der Waals surface area contributed by atoms with Gasteiger partial charge in [0.05, 0.1) is 7.11 Å². The maximum atomic E-state index is 12.0. The molecule has 1 heterocycles. The lowest BCUT2D eigenvalue weighted by Crippen LogP contribution is -2.21. The zero-order valence-corrected chi connectivity index (χ0v) is 12.7. The molecule has 7 nitrogen and oxygen atoms in total. The van der Waals surface area contributed by atoms with Crippen LogP contribution in [0.2, 0.25) is 0 Å². The van der Waals surface area contributed by atoms with Crippen LogP contribution in [0.25, 0.3) is 11.6 Å². The summed E-state index contributed by atoms with van der Waals surface area (Å²) >= 11 is 0. The van der Waals surface area contributed by atoms with E-state index in [2.05, 4.69) is 4.98 Å². The van der Waals surface area contributed by atoms with Gasteiger partial charge in [0.15, 0.2) is 0 Å². The molecular weight excluding hydrogens is 312 g/mol. The largest absolute Gasteiger partial charge is 0.612 e. The molecule has 122 valence electrons. The fraction of sp³-hybridized carbons (Fsp3) is 0.0588. The van der Waals surface area contributed by atoms with Crippen molar-refractivity contribution in [1.29, 1.82) is 0 Å². The van der Waals surface area contributed by atoms with Gasteiger partial charge in [-0.25, -0.2) is 4.79 Å². The van der Waals surface area contributed by atoms with Crippen LogP contribution in [0.5, 0.6) is 5.75 Å². The van der Waals surface area contributed by atoms with E-state index in [4.69, 9.17) is 9.15 Å². The highest BCUT2D eigenvalue weighted by molar-refractivity contribution is 6.05. The number of oxazole rings is 1. The lowest BCUT2D eigenvalue weighted by atomic mass is 10.1. The second kappa shape index (κ2) is 6.33. The Labute approximate surface area is 136 Å². The fourth-order valence-corrected chi connectivity index (χ4v) is 2.21. The first-order valence-corrected chi connectivity index (χ1v) is 7.03. The molecule has 24 heavy (non-hydrogen) atoms. The van der Waals surface area contributed by atoms with E-state index in [1.165, 1.54) is 24.3 Å². The Balaban J connectivity index is 2.06. The van der Waals surface area contributed by atoms with Gasteiger partial charge in [-0.3, -0.25) is 0 Å².